The lowest BCUT2D eigenvalue weighted by atomic mass is 9.98. The van der Waals surface area contributed by atoms with E-state index in [1.807, 2.05) is 0 Å². The third-order valence-electron chi connectivity index (χ3n) is 6.92. The van der Waals surface area contributed by atoms with Crippen molar-refractivity contribution in [1.82, 2.24) is 14.5 Å². The van der Waals surface area contributed by atoms with Gasteiger partial charge in [-0.25, -0.2) is 13.2 Å². The zero-order valence-corrected chi connectivity index (χ0v) is 19.9. The van der Waals surface area contributed by atoms with Crippen LogP contribution in [0.2, 0.25) is 0 Å². The number of hydrogen-bond donors (Lipinski definition) is 2. The Morgan fingerprint density at radius 1 is 1.09 bits per heavy atom. The molecule has 0 unspecified atom stereocenters. The third-order valence-corrected chi connectivity index (χ3v) is 8.82. The largest absolute Gasteiger partial charge is 0.326 e. The van der Waals surface area contributed by atoms with Gasteiger partial charge in [-0.3, -0.25) is 14.5 Å². The van der Waals surface area contributed by atoms with Crippen LogP contribution in [-0.2, 0) is 19.6 Å². The number of carbonyl (C=O) groups is 3. The number of hydrogen-bond acceptors (Lipinski definition) is 5. The quantitative estimate of drug-likeness (QED) is 0.587. The molecule has 2 heterocycles. The van der Waals surface area contributed by atoms with Gasteiger partial charge in [0.2, 0.25) is 15.9 Å². The number of urea groups is 1. The van der Waals surface area contributed by atoms with Gasteiger partial charge in [-0.2, -0.15) is 4.31 Å². The van der Waals surface area contributed by atoms with Crippen LogP contribution in [0.3, 0.4) is 0 Å². The van der Waals surface area contributed by atoms with Gasteiger partial charge in [0.1, 0.15) is 5.54 Å². The summed E-state index contributed by atoms with van der Waals surface area (Å²) in [6.45, 7) is 3.02. The molecule has 1 aliphatic carbocycles. The van der Waals surface area contributed by atoms with Crippen molar-refractivity contribution in [2.45, 2.75) is 75.1 Å². The molecule has 10 heteroatoms. The van der Waals surface area contributed by atoms with Crippen molar-refractivity contribution >= 4 is 33.6 Å². The molecule has 4 amide bonds. The molecule has 1 aromatic rings. The Morgan fingerprint density at radius 2 is 1.79 bits per heavy atom. The standard InChI is InChI=1S/C23H32N4O5S/c1-17-9-10-18(33(31,32)26-13-5-2-6-14-26)16-19(17)24-20(28)8-7-15-27-21(29)23(25-22(27)30)11-3-4-12-23/h9-10,16H,2-8,11-15H2,1H3,(H,24,28)(H,25,30). The van der Waals surface area contributed by atoms with E-state index in [-0.39, 0.29) is 35.7 Å². The summed E-state index contributed by atoms with van der Waals surface area (Å²) in [7, 11) is -3.60. The number of imide groups is 1. The molecule has 3 aliphatic rings. The zero-order valence-electron chi connectivity index (χ0n) is 19.1. The topological polar surface area (TPSA) is 116 Å². The number of anilines is 1. The lowest BCUT2D eigenvalue weighted by molar-refractivity contribution is -0.131. The van der Waals surface area contributed by atoms with E-state index in [0.717, 1.165) is 37.7 Å². The minimum Gasteiger partial charge on any atom is -0.326 e. The fourth-order valence-electron chi connectivity index (χ4n) is 4.96. The molecule has 180 valence electrons. The Balaban J connectivity index is 1.34. The Morgan fingerprint density at radius 3 is 2.48 bits per heavy atom. The number of piperidine rings is 1. The van der Waals surface area contributed by atoms with Gasteiger partial charge in [0.05, 0.1) is 4.90 Å². The number of carbonyl (C=O) groups excluding carboxylic acids is 3. The second-order valence-corrected chi connectivity index (χ2v) is 11.2. The van der Waals surface area contributed by atoms with E-state index in [1.54, 1.807) is 19.1 Å². The maximum absolute atomic E-state index is 13.0. The van der Waals surface area contributed by atoms with E-state index in [1.165, 1.54) is 15.3 Å². The molecule has 2 saturated heterocycles. The van der Waals surface area contributed by atoms with Crippen molar-refractivity contribution < 1.29 is 22.8 Å². The first-order valence-electron chi connectivity index (χ1n) is 11.8. The zero-order chi connectivity index (χ0) is 23.6. The summed E-state index contributed by atoms with van der Waals surface area (Å²) in [5.74, 6) is -0.467. The van der Waals surface area contributed by atoms with Crippen molar-refractivity contribution in [3.05, 3.63) is 23.8 Å². The normalized spacial score (nSPS) is 20.9. The maximum Gasteiger partial charge on any atom is 0.325 e. The van der Waals surface area contributed by atoms with E-state index < -0.39 is 15.6 Å². The second kappa shape index (κ2) is 9.42. The summed E-state index contributed by atoms with van der Waals surface area (Å²) >= 11 is 0. The summed E-state index contributed by atoms with van der Waals surface area (Å²) in [6, 6.07) is 4.40. The van der Waals surface area contributed by atoms with Crippen molar-refractivity contribution in [2.24, 2.45) is 0 Å². The van der Waals surface area contributed by atoms with Crippen molar-refractivity contribution in [2.75, 3.05) is 25.0 Å². The first kappa shape index (κ1) is 23.7. The van der Waals surface area contributed by atoms with Gasteiger partial charge in [0.15, 0.2) is 0 Å². The average Bonchev–Trinajstić information content (AvgIpc) is 3.36. The predicted octanol–water partition coefficient (Wildman–Crippen LogP) is 2.75. The average molecular weight is 477 g/mol. The number of sulfonamides is 1. The smallest absolute Gasteiger partial charge is 0.325 e. The molecule has 33 heavy (non-hydrogen) atoms. The third kappa shape index (κ3) is 4.77. The summed E-state index contributed by atoms with van der Waals surface area (Å²) in [5.41, 5.74) is 0.479. The minimum atomic E-state index is -3.60. The summed E-state index contributed by atoms with van der Waals surface area (Å²) < 4.78 is 27.4. The van der Waals surface area contributed by atoms with Crippen LogP contribution in [0.4, 0.5) is 10.5 Å². The monoisotopic (exact) mass is 476 g/mol. The number of benzene rings is 1. The number of nitrogens with one attached hydrogen (secondary N) is 2. The van der Waals surface area contributed by atoms with E-state index in [0.29, 0.717) is 38.0 Å². The van der Waals surface area contributed by atoms with Crippen LogP contribution in [0.25, 0.3) is 0 Å². The molecular formula is C23H32N4O5S. The molecule has 1 aromatic carbocycles. The molecule has 2 aliphatic heterocycles. The van der Waals surface area contributed by atoms with Crippen LogP contribution in [0.5, 0.6) is 0 Å². The van der Waals surface area contributed by atoms with Crippen LogP contribution >= 0.6 is 0 Å². The molecule has 1 saturated carbocycles. The van der Waals surface area contributed by atoms with E-state index in [9.17, 15) is 22.8 Å². The second-order valence-electron chi connectivity index (χ2n) is 9.27. The highest BCUT2D eigenvalue weighted by Gasteiger charge is 2.52. The van der Waals surface area contributed by atoms with E-state index in [4.69, 9.17) is 0 Å². The highest BCUT2D eigenvalue weighted by molar-refractivity contribution is 7.89. The Bertz CT molecular complexity index is 1040. The SMILES string of the molecule is Cc1ccc(S(=O)(=O)N2CCCCC2)cc1NC(=O)CCCN1C(=O)NC2(CCCC2)C1=O. The molecule has 2 N–H and O–H groups in total. The van der Waals surface area contributed by atoms with Gasteiger partial charge >= 0.3 is 6.03 Å². The van der Waals surface area contributed by atoms with Gasteiger partial charge in [0.25, 0.3) is 5.91 Å². The molecule has 0 radical (unpaired) electrons. The van der Waals surface area contributed by atoms with E-state index >= 15 is 0 Å². The summed E-state index contributed by atoms with van der Waals surface area (Å²) in [5, 5.41) is 5.63. The number of nitrogens with zero attached hydrogens (tertiary/aromatic N) is 2. The van der Waals surface area contributed by atoms with Crippen molar-refractivity contribution in [1.29, 1.82) is 0 Å². The Hall–Kier alpha value is -2.46. The molecule has 1 spiro atoms. The molecule has 0 aromatic heterocycles. The van der Waals surface area contributed by atoms with Crippen LogP contribution in [0.15, 0.2) is 23.1 Å². The molecule has 0 atom stereocenters. The fourth-order valence-corrected chi connectivity index (χ4v) is 6.50. The summed E-state index contributed by atoms with van der Waals surface area (Å²) in [4.78, 5) is 38.9. The number of amides is 4. The summed E-state index contributed by atoms with van der Waals surface area (Å²) in [6.07, 6.45) is 6.39. The van der Waals surface area contributed by atoms with Gasteiger partial charge in [-0.1, -0.05) is 25.3 Å². The van der Waals surface area contributed by atoms with Crippen molar-refractivity contribution in [3.63, 3.8) is 0 Å². The highest BCUT2D eigenvalue weighted by atomic mass is 32.2. The molecule has 3 fully saturated rings. The molecule has 4 rings (SSSR count). The van der Waals surface area contributed by atoms with Crippen LogP contribution in [-0.4, -0.2) is 60.6 Å². The van der Waals surface area contributed by atoms with E-state index in [2.05, 4.69) is 10.6 Å². The Kier molecular flexibility index (Phi) is 6.76. The number of aryl methyl sites for hydroxylation is 1. The van der Waals surface area contributed by atoms with Crippen molar-refractivity contribution in [3.8, 4) is 0 Å². The van der Waals surface area contributed by atoms with Crippen LogP contribution < -0.4 is 10.6 Å². The fraction of sp³-hybridized carbons (Fsp3) is 0.609. The maximum atomic E-state index is 13.0. The first-order chi connectivity index (χ1) is 15.7. The lowest BCUT2D eigenvalue weighted by Gasteiger charge is -2.26. The Labute approximate surface area is 194 Å². The molecular weight excluding hydrogens is 444 g/mol. The lowest BCUT2D eigenvalue weighted by Crippen LogP contribution is -2.44. The van der Waals surface area contributed by atoms with Gasteiger partial charge in [0, 0.05) is 31.7 Å². The predicted molar refractivity (Wildman–Crippen MR) is 123 cm³/mol. The van der Waals surface area contributed by atoms with Gasteiger partial charge in [-0.05, 0) is 56.7 Å². The molecule has 9 nitrogen and oxygen atoms in total. The van der Waals surface area contributed by atoms with Gasteiger partial charge < -0.3 is 10.6 Å². The highest BCUT2D eigenvalue weighted by Crippen LogP contribution is 2.35. The first-order valence-corrected chi connectivity index (χ1v) is 13.2. The minimum absolute atomic E-state index is 0.118. The molecule has 0 bridgehead atoms. The number of rotatable bonds is 7. The van der Waals surface area contributed by atoms with Crippen LogP contribution in [0.1, 0.15) is 63.4 Å². The van der Waals surface area contributed by atoms with Gasteiger partial charge in [-0.15, -0.1) is 0 Å². The van der Waals surface area contributed by atoms with Crippen LogP contribution in [0, 0.1) is 6.92 Å².